The topological polar surface area (TPSA) is 32.8 Å². The van der Waals surface area contributed by atoms with Gasteiger partial charge in [-0.05, 0) is 36.6 Å². The zero-order valence-electron chi connectivity index (χ0n) is 13.2. The van der Waals surface area contributed by atoms with E-state index in [4.69, 9.17) is 17.0 Å². The molecule has 1 aromatic rings. The molecule has 3 rings (SSSR count). The van der Waals surface area contributed by atoms with E-state index in [-0.39, 0.29) is 5.91 Å². The van der Waals surface area contributed by atoms with Crippen molar-refractivity contribution in [2.24, 2.45) is 0 Å². The van der Waals surface area contributed by atoms with E-state index in [9.17, 15) is 4.79 Å². The summed E-state index contributed by atoms with van der Waals surface area (Å²) in [6.07, 6.45) is 4.46. The fourth-order valence-corrected chi connectivity index (χ4v) is 4.09. The van der Waals surface area contributed by atoms with E-state index >= 15 is 0 Å². The maximum atomic E-state index is 12.4. The van der Waals surface area contributed by atoms with Crippen molar-refractivity contribution in [3.63, 3.8) is 0 Å². The summed E-state index contributed by atoms with van der Waals surface area (Å²) in [4.78, 5) is 17.1. The number of thiocarbonyl (C=S) groups is 1. The van der Waals surface area contributed by atoms with Crippen LogP contribution in [0.4, 0.5) is 5.69 Å². The molecule has 2 saturated heterocycles. The van der Waals surface area contributed by atoms with Crippen molar-refractivity contribution in [2.45, 2.75) is 12.8 Å². The number of hydrogen-bond donors (Lipinski definition) is 0. The van der Waals surface area contributed by atoms with Gasteiger partial charge in [-0.15, -0.1) is 0 Å². The van der Waals surface area contributed by atoms with E-state index in [1.165, 1.54) is 30.3 Å². The second-order valence-corrected chi connectivity index (χ2v) is 7.29. The third-order valence-corrected chi connectivity index (χ3v) is 5.43. The molecule has 0 spiro atoms. The average molecular weight is 348 g/mol. The Hall–Kier alpha value is -1.37. The third kappa shape index (κ3) is 3.76. The fourth-order valence-electron chi connectivity index (χ4n) is 2.78. The van der Waals surface area contributed by atoms with Gasteiger partial charge in [-0.1, -0.05) is 36.1 Å². The van der Waals surface area contributed by atoms with Crippen molar-refractivity contribution < 1.29 is 9.53 Å². The third-order valence-electron chi connectivity index (χ3n) is 4.05. The molecule has 0 atom stereocenters. The molecule has 2 aliphatic rings. The molecule has 23 heavy (non-hydrogen) atoms. The van der Waals surface area contributed by atoms with Gasteiger partial charge < -0.3 is 9.64 Å². The Morgan fingerprint density at radius 2 is 1.96 bits per heavy atom. The first kappa shape index (κ1) is 16.5. The maximum absolute atomic E-state index is 12.4. The van der Waals surface area contributed by atoms with Gasteiger partial charge in [0, 0.05) is 25.9 Å². The van der Waals surface area contributed by atoms with E-state index in [2.05, 4.69) is 29.2 Å². The lowest BCUT2D eigenvalue weighted by Crippen LogP contribution is -2.31. The highest BCUT2D eigenvalue weighted by atomic mass is 32.2. The number of anilines is 1. The number of thioether (sulfide) groups is 1. The first-order chi connectivity index (χ1) is 11.2. The van der Waals surface area contributed by atoms with Gasteiger partial charge in [0.1, 0.15) is 4.32 Å². The van der Waals surface area contributed by atoms with Gasteiger partial charge in [-0.25, -0.2) is 0 Å². The summed E-state index contributed by atoms with van der Waals surface area (Å²) < 4.78 is 5.63. The Bertz CT molecular complexity index is 622. The molecule has 0 radical (unpaired) electrons. The number of hydrogen-bond acceptors (Lipinski definition) is 5. The van der Waals surface area contributed by atoms with E-state index in [0.717, 1.165) is 18.7 Å². The van der Waals surface area contributed by atoms with Gasteiger partial charge in [0.05, 0.1) is 18.1 Å². The number of rotatable bonds is 5. The minimum atomic E-state index is -0.0272. The van der Waals surface area contributed by atoms with Crippen LogP contribution in [-0.4, -0.2) is 48.5 Å². The Balaban J connectivity index is 1.71. The van der Waals surface area contributed by atoms with Crippen molar-refractivity contribution in [1.82, 2.24) is 4.90 Å². The van der Waals surface area contributed by atoms with Gasteiger partial charge in [-0.3, -0.25) is 9.69 Å². The molecule has 4 nitrogen and oxygen atoms in total. The smallest absolute Gasteiger partial charge is 0.266 e. The van der Waals surface area contributed by atoms with Crippen LogP contribution in [0.15, 0.2) is 29.2 Å². The summed E-state index contributed by atoms with van der Waals surface area (Å²) in [6, 6.07) is 8.39. The first-order valence-corrected chi connectivity index (χ1v) is 9.01. The molecule has 0 unspecified atom stereocenters. The molecule has 0 saturated carbocycles. The summed E-state index contributed by atoms with van der Waals surface area (Å²) >= 11 is 6.64. The molecule has 6 heteroatoms. The summed E-state index contributed by atoms with van der Waals surface area (Å²) in [5.74, 6) is -0.0272. The Kier molecular flexibility index (Phi) is 5.35. The lowest BCUT2D eigenvalue weighted by molar-refractivity contribution is -0.122. The Morgan fingerprint density at radius 1 is 1.26 bits per heavy atom. The van der Waals surface area contributed by atoms with Crippen LogP contribution in [0.3, 0.4) is 0 Å². The summed E-state index contributed by atoms with van der Waals surface area (Å²) in [5.41, 5.74) is 2.28. The number of ether oxygens (including phenoxy) is 1. The molecule has 0 aliphatic carbocycles. The first-order valence-electron chi connectivity index (χ1n) is 7.78. The molecule has 2 aliphatic heterocycles. The standard InChI is InChI=1S/C17H20N2O2S2/c1-21-11-10-19-16(20)15(23-17(19)22)12-13-4-6-14(7-5-13)18-8-2-3-9-18/h4-7,12H,2-3,8-11H2,1H3. The number of nitrogens with zero attached hydrogens (tertiary/aromatic N) is 2. The van der Waals surface area contributed by atoms with E-state index in [1.54, 1.807) is 12.0 Å². The van der Waals surface area contributed by atoms with E-state index < -0.39 is 0 Å². The number of amides is 1. The molecule has 1 aromatic carbocycles. The molecule has 0 bridgehead atoms. The zero-order chi connectivity index (χ0) is 16.2. The lowest BCUT2D eigenvalue weighted by Gasteiger charge is -2.17. The van der Waals surface area contributed by atoms with Gasteiger partial charge in [0.15, 0.2) is 0 Å². The minimum Gasteiger partial charge on any atom is -0.383 e. The Morgan fingerprint density at radius 3 is 2.61 bits per heavy atom. The Labute approximate surface area is 146 Å². The number of carbonyl (C=O) groups is 1. The lowest BCUT2D eigenvalue weighted by atomic mass is 10.2. The van der Waals surface area contributed by atoms with Gasteiger partial charge >= 0.3 is 0 Å². The monoisotopic (exact) mass is 348 g/mol. The largest absolute Gasteiger partial charge is 0.383 e. The highest BCUT2D eigenvalue weighted by Crippen LogP contribution is 2.32. The normalized spacial score (nSPS) is 20.1. The highest BCUT2D eigenvalue weighted by Gasteiger charge is 2.31. The van der Waals surface area contributed by atoms with Gasteiger partial charge in [0.25, 0.3) is 5.91 Å². The number of methoxy groups -OCH3 is 1. The second-order valence-electron chi connectivity index (χ2n) is 5.61. The van der Waals surface area contributed by atoms with Crippen molar-refractivity contribution in [1.29, 1.82) is 0 Å². The van der Waals surface area contributed by atoms with Crippen molar-refractivity contribution in [3.05, 3.63) is 34.7 Å². The van der Waals surface area contributed by atoms with Crippen LogP contribution in [0.25, 0.3) is 6.08 Å². The predicted octanol–water partition coefficient (Wildman–Crippen LogP) is 3.13. The number of carbonyl (C=O) groups excluding carboxylic acids is 1. The fraction of sp³-hybridized carbons (Fsp3) is 0.412. The van der Waals surface area contributed by atoms with Crippen LogP contribution in [0.2, 0.25) is 0 Å². The highest BCUT2D eigenvalue weighted by molar-refractivity contribution is 8.26. The molecule has 0 N–H and O–H groups in total. The quantitative estimate of drug-likeness (QED) is 0.603. The number of benzene rings is 1. The molecular formula is C17H20N2O2S2. The van der Waals surface area contributed by atoms with Crippen LogP contribution < -0.4 is 4.90 Å². The molecule has 2 fully saturated rings. The molecule has 122 valence electrons. The van der Waals surface area contributed by atoms with Crippen LogP contribution >= 0.6 is 24.0 Å². The van der Waals surface area contributed by atoms with Gasteiger partial charge in [-0.2, -0.15) is 0 Å². The molecule has 0 aromatic heterocycles. The molecule has 1 amide bonds. The van der Waals surface area contributed by atoms with Crippen LogP contribution in [-0.2, 0) is 9.53 Å². The van der Waals surface area contributed by atoms with Crippen LogP contribution in [0.5, 0.6) is 0 Å². The maximum Gasteiger partial charge on any atom is 0.266 e. The van der Waals surface area contributed by atoms with Crippen molar-refractivity contribution in [2.75, 3.05) is 38.3 Å². The van der Waals surface area contributed by atoms with E-state index in [1.807, 2.05) is 6.08 Å². The SMILES string of the molecule is COCCN1C(=O)C(=Cc2ccc(N3CCCC3)cc2)SC1=S. The predicted molar refractivity (Wildman–Crippen MR) is 99.6 cm³/mol. The van der Waals surface area contributed by atoms with Crippen molar-refractivity contribution in [3.8, 4) is 0 Å². The molecular weight excluding hydrogens is 328 g/mol. The van der Waals surface area contributed by atoms with Crippen LogP contribution in [0, 0.1) is 0 Å². The van der Waals surface area contributed by atoms with E-state index in [0.29, 0.717) is 22.4 Å². The van der Waals surface area contributed by atoms with Crippen LogP contribution in [0.1, 0.15) is 18.4 Å². The summed E-state index contributed by atoms with van der Waals surface area (Å²) in [6.45, 7) is 3.27. The summed E-state index contributed by atoms with van der Waals surface area (Å²) in [7, 11) is 1.62. The minimum absolute atomic E-state index is 0.0272. The summed E-state index contributed by atoms with van der Waals surface area (Å²) in [5, 5.41) is 0. The molecule has 2 heterocycles. The van der Waals surface area contributed by atoms with Crippen molar-refractivity contribution >= 4 is 46.0 Å². The zero-order valence-corrected chi connectivity index (χ0v) is 14.8. The average Bonchev–Trinajstić information content (AvgIpc) is 3.17. The van der Waals surface area contributed by atoms with Gasteiger partial charge in [0.2, 0.25) is 0 Å². The second kappa shape index (κ2) is 7.47.